The molecule has 0 radical (unpaired) electrons. The van der Waals surface area contributed by atoms with Gasteiger partial charge in [-0.15, -0.1) is 0 Å². The quantitative estimate of drug-likeness (QED) is 0.640. The Morgan fingerprint density at radius 2 is 2.00 bits per heavy atom. The molecule has 1 aliphatic carbocycles. The van der Waals surface area contributed by atoms with Gasteiger partial charge in [-0.3, -0.25) is 8.98 Å². The Hall–Kier alpha value is -1.05. The number of carbonyl (C=O) groups excluding carboxylic acids is 1. The Morgan fingerprint density at radius 1 is 1.30 bits per heavy atom. The molecule has 1 amide bonds. The zero-order valence-electron chi connectivity index (χ0n) is 13.5. The summed E-state index contributed by atoms with van der Waals surface area (Å²) in [4.78, 5) is 12.7. The maximum atomic E-state index is 12.2. The van der Waals surface area contributed by atoms with Crippen molar-refractivity contribution in [1.82, 2.24) is 5.32 Å². The predicted molar refractivity (Wildman–Crippen MR) is 91.3 cm³/mol. The summed E-state index contributed by atoms with van der Waals surface area (Å²) < 4.78 is 29.2. The van der Waals surface area contributed by atoms with E-state index in [1.807, 2.05) is 6.92 Å². The minimum atomic E-state index is -3.84. The van der Waals surface area contributed by atoms with Gasteiger partial charge in [-0.1, -0.05) is 25.3 Å². The van der Waals surface area contributed by atoms with E-state index in [2.05, 4.69) is 5.32 Å². The number of amides is 1. The molecule has 7 heteroatoms. The van der Waals surface area contributed by atoms with Crippen molar-refractivity contribution in [2.45, 2.75) is 61.8 Å². The fourth-order valence-electron chi connectivity index (χ4n) is 2.66. The Balaban J connectivity index is 2.14. The zero-order valence-corrected chi connectivity index (χ0v) is 15.1. The van der Waals surface area contributed by atoms with Crippen LogP contribution in [0.5, 0.6) is 0 Å². The lowest BCUT2D eigenvalue weighted by molar-refractivity contribution is 0.253. The summed E-state index contributed by atoms with van der Waals surface area (Å²) in [6, 6.07) is 5.10. The number of aryl methyl sites for hydroxylation is 1. The van der Waals surface area contributed by atoms with Gasteiger partial charge in [0, 0.05) is 10.9 Å². The van der Waals surface area contributed by atoms with Gasteiger partial charge < -0.3 is 5.32 Å². The second-order valence-electron chi connectivity index (χ2n) is 5.68. The zero-order chi connectivity index (χ0) is 16.9. The fraction of sp³-hybridized carbons (Fsp3) is 0.562. The van der Waals surface area contributed by atoms with Crippen molar-refractivity contribution in [1.29, 1.82) is 0 Å². The lowest BCUT2D eigenvalue weighted by Crippen LogP contribution is -2.33. The first-order valence-corrected chi connectivity index (χ1v) is 10.1. The first-order valence-electron chi connectivity index (χ1n) is 7.91. The molecule has 0 bridgehead atoms. The van der Waals surface area contributed by atoms with Gasteiger partial charge in [0.15, 0.2) is 0 Å². The first kappa shape index (κ1) is 18.3. The van der Waals surface area contributed by atoms with E-state index < -0.39 is 10.1 Å². The van der Waals surface area contributed by atoms with Crippen LogP contribution in [0.4, 0.5) is 4.79 Å². The summed E-state index contributed by atoms with van der Waals surface area (Å²) in [5, 5.41) is 2.77. The van der Waals surface area contributed by atoms with Crippen LogP contribution in [-0.4, -0.2) is 26.3 Å². The number of hydrogen-bond acceptors (Lipinski definition) is 5. The van der Waals surface area contributed by atoms with Gasteiger partial charge in [-0.05, 0) is 56.1 Å². The van der Waals surface area contributed by atoms with Crippen molar-refractivity contribution in [3.05, 3.63) is 23.8 Å². The maximum Gasteiger partial charge on any atom is 0.298 e. The van der Waals surface area contributed by atoms with Gasteiger partial charge in [0.25, 0.3) is 15.4 Å². The van der Waals surface area contributed by atoms with Gasteiger partial charge in [0.2, 0.25) is 0 Å². The maximum absolute atomic E-state index is 12.2. The van der Waals surface area contributed by atoms with E-state index >= 15 is 0 Å². The third-order valence-electron chi connectivity index (χ3n) is 3.77. The fourth-order valence-corrected chi connectivity index (χ4v) is 4.91. The highest BCUT2D eigenvalue weighted by atomic mass is 32.2. The Labute approximate surface area is 142 Å². The first-order chi connectivity index (χ1) is 10.9. The topological polar surface area (TPSA) is 72.5 Å². The molecular weight excluding hydrogens is 334 g/mol. The number of rotatable bonds is 5. The Bertz CT molecular complexity index is 652. The highest BCUT2D eigenvalue weighted by molar-refractivity contribution is 8.13. The van der Waals surface area contributed by atoms with Crippen LogP contribution in [0.3, 0.4) is 0 Å². The van der Waals surface area contributed by atoms with E-state index in [1.54, 1.807) is 19.1 Å². The van der Waals surface area contributed by atoms with Gasteiger partial charge in [0.1, 0.15) is 4.90 Å². The lowest BCUT2D eigenvalue weighted by Gasteiger charge is -2.22. The van der Waals surface area contributed by atoms with E-state index in [1.165, 1.54) is 12.5 Å². The number of benzene rings is 1. The molecule has 0 aliphatic heterocycles. The number of carbonyl (C=O) groups is 1. The molecule has 5 nitrogen and oxygen atoms in total. The van der Waals surface area contributed by atoms with E-state index in [0.717, 1.165) is 43.0 Å². The van der Waals surface area contributed by atoms with Gasteiger partial charge in [0.05, 0.1) is 6.61 Å². The molecule has 0 heterocycles. The highest BCUT2D eigenvalue weighted by Gasteiger charge is 2.23. The standard InChI is InChI=1S/C16H23NO4S2/c1-3-21-23(19,20)15-10-9-12(2)11-14(15)22-16(18)17-13-7-5-4-6-8-13/h9-11,13H,3-8H2,1-2H3,(H,17,18). The molecule has 1 aromatic carbocycles. The summed E-state index contributed by atoms with van der Waals surface area (Å²) in [5.74, 6) is 0. The van der Waals surface area contributed by atoms with Crippen molar-refractivity contribution in [3.8, 4) is 0 Å². The van der Waals surface area contributed by atoms with E-state index in [0.29, 0.717) is 4.90 Å². The number of thioether (sulfide) groups is 1. The van der Waals surface area contributed by atoms with Gasteiger partial charge >= 0.3 is 0 Å². The summed E-state index contributed by atoms with van der Waals surface area (Å²) >= 11 is 0.922. The Morgan fingerprint density at radius 3 is 2.65 bits per heavy atom. The Kier molecular flexibility index (Phi) is 6.50. The molecule has 0 aromatic heterocycles. The van der Waals surface area contributed by atoms with Crippen LogP contribution in [0.1, 0.15) is 44.6 Å². The molecule has 23 heavy (non-hydrogen) atoms. The molecule has 1 aromatic rings. The molecular formula is C16H23NO4S2. The van der Waals surface area contributed by atoms with Crippen LogP contribution >= 0.6 is 11.8 Å². The summed E-state index contributed by atoms with van der Waals surface area (Å²) in [6.45, 7) is 3.54. The lowest BCUT2D eigenvalue weighted by atomic mass is 9.96. The summed E-state index contributed by atoms with van der Waals surface area (Å²) in [7, 11) is -3.84. The monoisotopic (exact) mass is 357 g/mol. The second kappa shape index (κ2) is 8.17. The van der Waals surface area contributed by atoms with Crippen molar-refractivity contribution in [2.75, 3.05) is 6.61 Å². The number of nitrogens with one attached hydrogen (secondary N) is 1. The molecule has 0 unspecified atom stereocenters. The van der Waals surface area contributed by atoms with Crippen LogP contribution in [0.25, 0.3) is 0 Å². The average Bonchev–Trinajstić information content (AvgIpc) is 2.47. The summed E-state index contributed by atoms with van der Waals surface area (Å²) in [5.41, 5.74) is 0.897. The van der Waals surface area contributed by atoms with E-state index in [4.69, 9.17) is 4.18 Å². The minimum Gasteiger partial charge on any atom is -0.344 e. The molecule has 128 valence electrons. The molecule has 0 saturated heterocycles. The van der Waals surface area contributed by atoms with E-state index in [-0.39, 0.29) is 22.8 Å². The molecule has 1 saturated carbocycles. The molecule has 1 aliphatic rings. The van der Waals surface area contributed by atoms with Crippen LogP contribution in [0, 0.1) is 6.92 Å². The van der Waals surface area contributed by atoms with Gasteiger partial charge in [-0.2, -0.15) is 8.42 Å². The van der Waals surface area contributed by atoms with Crippen LogP contribution in [0.2, 0.25) is 0 Å². The molecule has 2 rings (SSSR count). The van der Waals surface area contributed by atoms with Gasteiger partial charge in [-0.25, -0.2) is 0 Å². The van der Waals surface area contributed by atoms with E-state index in [9.17, 15) is 13.2 Å². The molecule has 1 N–H and O–H groups in total. The molecule has 1 fully saturated rings. The minimum absolute atomic E-state index is 0.0498. The smallest absolute Gasteiger partial charge is 0.298 e. The largest absolute Gasteiger partial charge is 0.344 e. The average molecular weight is 357 g/mol. The van der Waals surface area contributed by atoms with Crippen molar-refractivity contribution in [3.63, 3.8) is 0 Å². The molecule has 0 atom stereocenters. The number of hydrogen-bond donors (Lipinski definition) is 1. The molecule has 0 spiro atoms. The van der Waals surface area contributed by atoms with Crippen LogP contribution < -0.4 is 5.32 Å². The highest BCUT2D eigenvalue weighted by Crippen LogP contribution is 2.30. The van der Waals surface area contributed by atoms with Crippen LogP contribution in [0.15, 0.2) is 28.0 Å². The van der Waals surface area contributed by atoms with Crippen LogP contribution in [-0.2, 0) is 14.3 Å². The third kappa shape index (κ3) is 5.22. The van der Waals surface area contributed by atoms with Crippen molar-refractivity contribution < 1.29 is 17.4 Å². The third-order valence-corrected chi connectivity index (χ3v) is 6.20. The predicted octanol–water partition coefficient (Wildman–Crippen LogP) is 3.85. The second-order valence-corrected chi connectivity index (χ2v) is 8.28. The normalized spacial score (nSPS) is 16.3. The summed E-state index contributed by atoms with van der Waals surface area (Å²) in [6.07, 6.45) is 5.45. The van der Waals surface area contributed by atoms with Crippen molar-refractivity contribution >= 4 is 27.1 Å². The van der Waals surface area contributed by atoms with Crippen molar-refractivity contribution in [2.24, 2.45) is 0 Å². The SMILES string of the molecule is CCOS(=O)(=O)c1ccc(C)cc1SC(=O)NC1CCCCC1.